The molecular weight excluding hydrogens is 275 g/mol. The van der Waals surface area contributed by atoms with Crippen molar-refractivity contribution in [1.29, 1.82) is 0 Å². The molecule has 0 aliphatic heterocycles. The average Bonchev–Trinajstić information content (AvgIpc) is 2.38. The van der Waals surface area contributed by atoms with Gasteiger partial charge in [0.1, 0.15) is 0 Å². The maximum absolute atomic E-state index is 6.17. The van der Waals surface area contributed by atoms with Crippen molar-refractivity contribution in [3.05, 3.63) is 69.7 Å². The monoisotopic (exact) mass is 292 g/mol. The summed E-state index contributed by atoms with van der Waals surface area (Å²) < 4.78 is 0. The Morgan fingerprint density at radius 1 is 1.00 bits per heavy atom. The van der Waals surface area contributed by atoms with Crippen molar-refractivity contribution >= 4 is 23.2 Å². The van der Waals surface area contributed by atoms with Crippen LogP contribution in [0.1, 0.15) is 28.2 Å². The van der Waals surface area contributed by atoms with Gasteiger partial charge in [0.25, 0.3) is 0 Å². The number of rotatable bonds is 4. The molecule has 2 aromatic carbocycles. The van der Waals surface area contributed by atoms with Crippen molar-refractivity contribution in [2.45, 2.75) is 26.2 Å². The second-order valence-corrected chi connectivity index (χ2v) is 5.73. The molecule has 0 saturated carbocycles. The second-order valence-electron chi connectivity index (χ2n) is 4.98. The van der Waals surface area contributed by atoms with E-state index in [9.17, 15) is 0 Å². The van der Waals surface area contributed by atoms with Crippen LogP contribution in [0.2, 0.25) is 5.02 Å². The molecule has 0 N–H and O–H groups in total. The molecule has 0 radical (unpaired) electrons. The minimum Gasteiger partial charge on any atom is -0.126 e. The smallest absolute Gasteiger partial charge is 0.0408 e. The van der Waals surface area contributed by atoms with Gasteiger partial charge in [0.2, 0.25) is 0 Å². The Balaban J connectivity index is 2.29. The van der Waals surface area contributed by atoms with Crippen molar-refractivity contribution in [2.24, 2.45) is 0 Å². The third kappa shape index (κ3) is 3.52. The lowest BCUT2D eigenvalue weighted by Gasteiger charge is -2.18. The van der Waals surface area contributed by atoms with Crippen molar-refractivity contribution in [2.75, 3.05) is 5.88 Å². The lowest BCUT2D eigenvalue weighted by Crippen LogP contribution is -2.07. The summed E-state index contributed by atoms with van der Waals surface area (Å²) >= 11 is 12.2. The van der Waals surface area contributed by atoms with Gasteiger partial charge >= 0.3 is 0 Å². The lowest BCUT2D eigenvalue weighted by atomic mass is 9.89. The van der Waals surface area contributed by atoms with E-state index in [0.717, 1.165) is 11.4 Å². The first-order valence-electron chi connectivity index (χ1n) is 6.48. The second kappa shape index (κ2) is 6.45. The highest BCUT2D eigenvalue weighted by atomic mass is 35.5. The molecule has 0 saturated heterocycles. The zero-order chi connectivity index (χ0) is 13.8. The molecule has 19 heavy (non-hydrogen) atoms. The molecule has 0 amide bonds. The van der Waals surface area contributed by atoms with Crippen LogP contribution in [0.15, 0.2) is 42.5 Å². The molecule has 0 nitrogen and oxygen atoms in total. The standard InChI is InChI=1S/C17H18Cl2/c1-12-5-3-6-13(2)17(12)10-15(11-18)14-7-4-8-16(19)9-14/h3-9,15H,10-11H2,1-2H3. The first-order valence-corrected chi connectivity index (χ1v) is 7.39. The van der Waals surface area contributed by atoms with E-state index in [1.807, 2.05) is 18.2 Å². The molecule has 0 aliphatic carbocycles. The predicted octanol–water partition coefficient (Wildman–Crippen LogP) is 5.52. The summed E-state index contributed by atoms with van der Waals surface area (Å²) in [6.45, 7) is 4.32. The highest BCUT2D eigenvalue weighted by Gasteiger charge is 2.14. The van der Waals surface area contributed by atoms with Crippen LogP contribution in [-0.2, 0) is 6.42 Å². The van der Waals surface area contributed by atoms with Crippen molar-refractivity contribution in [1.82, 2.24) is 0 Å². The average molecular weight is 293 g/mol. The van der Waals surface area contributed by atoms with Gasteiger partial charge in [-0.05, 0) is 54.7 Å². The van der Waals surface area contributed by atoms with E-state index in [1.54, 1.807) is 0 Å². The van der Waals surface area contributed by atoms with Crippen LogP contribution in [0.5, 0.6) is 0 Å². The van der Waals surface area contributed by atoms with Crippen LogP contribution in [0.3, 0.4) is 0 Å². The summed E-state index contributed by atoms with van der Waals surface area (Å²) in [5.41, 5.74) is 5.27. The number of alkyl halides is 1. The molecule has 0 aromatic heterocycles. The summed E-state index contributed by atoms with van der Waals surface area (Å²) in [4.78, 5) is 0. The summed E-state index contributed by atoms with van der Waals surface area (Å²) in [7, 11) is 0. The molecule has 2 heteroatoms. The Bertz CT molecular complexity index is 541. The topological polar surface area (TPSA) is 0 Å². The first-order chi connectivity index (χ1) is 9.11. The van der Waals surface area contributed by atoms with Gasteiger partial charge in [0, 0.05) is 16.8 Å². The molecule has 0 fully saturated rings. The number of hydrogen-bond donors (Lipinski definition) is 0. The van der Waals surface area contributed by atoms with Crippen molar-refractivity contribution in [3.63, 3.8) is 0 Å². The summed E-state index contributed by atoms with van der Waals surface area (Å²) in [6, 6.07) is 14.4. The lowest BCUT2D eigenvalue weighted by molar-refractivity contribution is 0.758. The number of aryl methyl sites for hydroxylation is 2. The molecule has 0 spiro atoms. The maximum atomic E-state index is 6.17. The summed E-state index contributed by atoms with van der Waals surface area (Å²) in [5, 5.41) is 0.772. The van der Waals surface area contributed by atoms with Crippen LogP contribution >= 0.6 is 23.2 Å². The third-order valence-electron chi connectivity index (χ3n) is 3.60. The molecule has 0 bridgehead atoms. The van der Waals surface area contributed by atoms with Crippen LogP contribution in [0.4, 0.5) is 0 Å². The van der Waals surface area contributed by atoms with E-state index in [0.29, 0.717) is 11.8 Å². The SMILES string of the molecule is Cc1cccc(C)c1CC(CCl)c1cccc(Cl)c1. The quantitative estimate of drug-likeness (QED) is 0.651. The van der Waals surface area contributed by atoms with Gasteiger partial charge in [-0.25, -0.2) is 0 Å². The minimum atomic E-state index is 0.306. The van der Waals surface area contributed by atoms with E-state index in [4.69, 9.17) is 23.2 Å². The van der Waals surface area contributed by atoms with Gasteiger partial charge in [-0.15, -0.1) is 11.6 Å². The fraction of sp³-hybridized carbons (Fsp3) is 0.294. The van der Waals surface area contributed by atoms with E-state index < -0.39 is 0 Å². The maximum Gasteiger partial charge on any atom is 0.0408 e. The van der Waals surface area contributed by atoms with Gasteiger partial charge in [-0.2, -0.15) is 0 Å². The van der Waals surface area contributed by atoms with Crippen molar-refractivity contribution < 1.29 is 0 Å². The molecule has 0 heterocycles. The zero-order valence-electron chi connectivity index (χ0n) is 11.3. The van der Waals surface area contributed by atoms with Gasteiger partial charge in [-0.1, -0.05) is 41.9 Å². The van der Waals surface area contributed by atoms with Gasteiger partial charge < -0.3 is 0 Å². The van der Waals surface area contributed by atoms with E-state index in [2.05, 4.69) is 38.1 Å². The van der Waals surface area contributed by atoms with E-state index in [-0.39, 0.29) is 0 Å². The van der Waals surface area contributed by atoms with E-state index in [1.165, 1.54) is 22.3 Å². The van der Waals surface area contributed by atoms with Gasteiger partial charge in [-0.3, -0.25) is 0 Å². The Kier molecular flexibility index (Phi) is 4.90. The summed E-state index contributed by atoms with van der Waals surface area (Å²) in [5.74, 6) is 0.911. The molecule has 2 aromatic rings. The molecule has 100 valence electrons. The van der Waals surface area contributed by atoms with E-state index >= 15 is 0 Å². The molecular formula is C17H18Cl2. The zero-order valence-corrected chi connectivity index (χ0v) is 12.8. The first kappa shape index (κ1) is 14.4. The molecule has 1 atom stereocenters. The Morgan fingerprint density at radius 2 is 1.63 bits per heavy atom. The Hall–Kier alpha value is -0.980. The third-order valence-corrected chi connectivity index (χ3v) is 4.21. The Morgan fingerprint density at radius 3 is 2.21 bits per heavy atom. The largest absolute Gasteiger partial charge is 0.126 e. The minimum absolute atomic E-state index is 0.306. The van der Waals surface area contributed by atoms with Gasteiger partial charge in [0.15, 0.2) is 0 Å². The highest BCUT2D eigenvalue weighted by Crippen LogP contribution is 2.27. The number of hydrogen-bond acceptors (Lipinski definition) is 0. The summed E-state index contributed by atoms with van der Waals surface area (Å²) in [6.07, 6.45) is 0.961. The molecule has 2 rings (SSSR count). The van der Waals surface area contributed by atoms with Crippen LogP contribution in [-0.4, -0.2) is 5.88 Å². The van der Waals surface area contributed by atoms with Crippen LogP contribution in [0, 0.1) is 13.8 Å². The van der Waals surface area contributed by atoms with Crippen LogP contribution in [0.25, 0.3) is 0 Å². The number of benzene rings is 2. The Labute approximate surface area is 125 Å². The predicted molar refractivity (Wildman–Crippen MR) is 84.5 cm³/mol. The number of halogens is 2. The molecule has 1 unspecified atom stereocenters. The fourth-order valence-corrected chi connectivity index (χ4v) is 2.93. The molecule has 0 aliphatic rings. The normalized spacial score (nSPS) is 12.4. The van der Waals surface area contributed by atoms with Crippen molar-refractivity contribution in [3.8, 4) is 0 Å². The highest BCUT2D eigenvalue weighted by molar-refractivity contribution is 6.30. The van der Waals surface area contributed by atoms with Gasteiger partial charge in [0.05, 0.1) is 0 Å². The van der Waals surface area contributed by atoms with Crippen LogP contribution < -0.4 is 0 Å². The fourth-order valence-electron chi connectivity index (χ4n) is 2.44.